The Kier molecular flexibility index (Phi) is 12.8. The van der Waals surface area contributed by atoms with Gasteiger partial charge in [0, 0.05) is 72.3 Å². The Morgan fingerprint density at radius 3 is 2.44 bits per heavy atom. The largest absolute Gasteiger partial charge is 0.482 e. The smallest absolute Gasteiger partial charge is 0.320 e. The number of fused-ring (bicyclic) bond motifs is 4. The molecule has 5 heterocycles. The van der Waals surface area contributed by atoms with E-state index in [1.54, 1.807) is 29.7 Å². The fourth-order valence-electron chi connectivity index (χ4n) is 11.8. The molecule has 3 aliphatic carbocycles. The summed E-state index contributed by atoms with van der Waals surface area (Å²) < 4.78 is 29.1. The normalized spacial score (nSPS) is 29.2. The van der Waals surface area contributed by atoms with Gasteiger partial charge in [0.15, 0.2) is 22.7 Å². The van der Waals surface area contributed by atoms with Crippen molar-refractivity contribution in [2.75, 3.05) is 46.4 Å². The average molecular weight is 947 g/mol. The number of nitrogens with zero attached hydrogens (tertiary/aromatic N) is 3. The van der Waals surface area contributed by atoms with Crippen LogP contribution in [0.2, 0.25) is 0 Å². The molecular weight excluding hydrogens is 881 g/mol. The highest BCUT2D eigenvalue weighted by atomic mass is 32.2. The molecule has 2 aromatic rings. The van der Waals surface area contributed by atoms with Crippen molar-refractivity contribution < 1.29 is 43.2 Å². The van der Waals surface area contributed by atoms with Gasteiger partial charge in [-0.1, -0.05) is 41.5 Å². The SMILES string of the molecule is CC(C)=CCCC1(C)C=Cc2c(c(CC=C(C)C)c3c(c2OC(=O)CC(=O)N2CCN(C)CC2)C2=Nc4ccccc4SC4C5CC6C(C)(C)OC(CC=C(C)C(=O)NCCO)(C5=O)C6(O3)C24)O1. The van der Waals surface area contributed by atoms with Crippen molar-refractivity contribution >= 4 is 52.8 Å². The number of ketones is 1. The third-order valence-electron chi connectivity index (χ3n) is 15.2. The van der Waals surface area contributed by atoms with Crippen LogP contribution in [0.1, 0.15) is 104 Å². The quantitative estimate of drug-likeness (QED) is 0.0667. The molecule has 1 spiro atoms. The van der Waals surface area contributed by atoms with E-state index in [1.807, 2.05) is 71.2 Å². The molecule has 3 saturated carbocycles. The lowest BCUT2D eigenvalue weighted by Crippen LogP contribution is -2.79. The first-order chi connectivity index (χ1) is 32.3. The minimum absolute atomic E-state index is 0.0518. The summed E-state index contributed by atoms with van der Waals surface area (Å²) in [4.78, 5) is 67.7. The van der Waals surface area contributed by atoms with Gasteiger partial charge < -0.3 is 39.2 Å². The summed E-state index contributed by atoms with van der Waals surface area (Å²) in [5.74, 6) is -1.67. The van der Waals surface area contributed by atoms with Gasteiger partial charge in [-0.15, -0.1) is 11.8 Å². The minimum atomic E-state index is -1.56. The lowest BCUT2D eigenvalue weighted by Gasteiger charge is -2.63. The van der Waals surface area contributed by atoms with E-state index in [2.05, 4.69) is 43.1 Å². The Balaban J connectivity index is 1.30. The number of ether oxygens (including phenoxy) is 4. The van der Waals surface area contributed by atoms with Crippen LogP contribution in [0.3, 0.4) is 0 Å². The highest BCUT2D eigenvalue weighted by Gasteiger charge is 2.85. The van der Waals surface area contributed by atoms with Crippen LogP contribution in [0.25, 0.3) is 6.08 Å². The maximum absolute atomic E-state index is 15.7. The van der Waals surface area contributed by atoms with E-state index in [0.29, 0.717) is 79.4 Å². The lowest BCUT2D eigenvalue weighted by atomic mass is 9.46. The third kappa shape index (κ3) is 8.06. The summed E-state index contributed by atoms with van der Waals surface area (Å²) in [6, 6.07) is 7.94. The predicted octanol–water partition coefficient (Wildman–Crippen LogP) is 7.73. The Morgan fingerprint density at radius 1 is 0.985 bits per heavy atom. The fraction of sp³-hybridized carbons (Fsp3) is 0.537. The number of aliphatic hydroxyl groups excluding tert-OH is 1. The molecule has 68 heavy (non-hydrogen) atoms. The van der Waals surface area contributed by atoms with Gasteiger partial charge in [-0.25, -0.2) is 0 Å². The molecule has 0 aromatic heterocycles. The van der Waals surface area contributed by atoms with Gasteiger partial charge in [-0.3, -0.25) is 24.2 Å². The van der Waals surface area contributed by atoms with Gasteiger partial charge in [0.1, 0.15) is 23.5 Å². The minimum Gasteiger partial charge on any atom is -0.482 e. The van der Waals surface area contributed by atoms with Crippen LogP contribution in [0.15, 0.2) is 75.2 Å². The van der Waals surface area contributed by atoms with Crippen LogP contribution in [0.5, 0.6) is 17.2 Å². The van der Waals surface area contributed by atoms with Crippen molar-refractivity contribution in [3.8, 4) is 17.2 Å². The molecular formula is C54H66N4O9S. The van der Waals surface area contributed by atoms with E-state index in [4.69, 9.17) is 23.9 Å². The molecule has 5 fully saturated rings. The summed E-state index contributed by atoms with van der Waals surface area (Å²) >= 11 is 1.64. The number of allylic oxidation sites excluding steroid dienone is 4. The molecule has 14 heteroatoms. The highest BCUT2D eigenvalue weighted by molar-refractivity contribution is 8.00. The van der Waals surface area contributed by atoms with E-state index >= 15 is 4.79 Å². The molecule has 2 aromatic carbocycles. The number of carbonyl (C=O) groups is 4. The molecule has 7 atom stereocenters. The number of piperazine rings is 1. The Morgan fingerprint density at radius 2 is 1.72 bits per heavy atom. The fourth-order valence-corrected chi connectivity index (χ4v) is 13.4. The molecule has 2 N–H and O–H groups in total. The van der Waals surface area contributed by atoms with Crippen molar-refractivity contribution in [2.24, 2.45) is 22.7 Å². The summed E-state index contributed by atoms with van der Waals surface area (Å²) in [5.41, 5.74) is 1.27. The second-order valence-corrected chi connectivity index (χ2v) is 22.1. The van der Waals surface area contributed by atoms with E-state index in [1.165, 1.54) is 5.57 Å². The zero-order valence-electron chi connectivity index (χ0n) is 41.0. The van der Waals surface area contributed by atoms with E-state index in [9.17, 15) is 19.5 Å². The number of benzene rings is 2. The average Bonchev–Trinajstić information content (AvgIpc) is 3.36. The Labute approximate surface area is 404 Å². The number of amides is 2. The Hall–Kier alpha value is -5.02. The lowest BCUT2D eigenvalue weighted by molar-refractivity contribution is -0.196. The van der Waals surface area contributed by atoms with Gasteiger partial charge in [-0.2, -0.15) is 0 Å². The van der Waals surface area contributed by atoms with Crippen LogP contribution < -0.4 is 19.5 Å². The number of Topliss-reactive ketones (excluding diaryl/α,β-unsaturated/α-hetero) is 1. The van der Waals surface area contributed by atoms with E-state index in [-0.39, 0.29) is 54.1 Å². The van der Waals surface area contributed by atoms with Gasteiger partial charge in [0.2, 0.25) is 11.8 Å². The highest BCUT2D eigenvalue weighted by Crippen LogP contribution is 2.73. The third-order valence-corrected chi connectivity index (χ3v) is 16.7. The number of hydrogen-bond acceptors (Lipinski definition) is 12. The maximum atomic E-state index is 15.7. The molecule has 7 unspecified atom stereocenters. The number of esters is 1. The van der Waals surface area contributed by atoms with Gasteiger partial charge >= 0.3 is 5.97 Å². The number of likely N-dealkylation sites (N-methyl/N-ethyl adjacent to an activating group) is 1. The first-order valence-corrected chi connectivity index (χ1v) is 25.1. The summed E-state index contributed by atoms with van der Waals surface area (Å²) in [6.45, 7) is 18.4. The predicted molar refractivity (Wildman–Crippen MR) is 263 cm³/mol. The summed E-state index contributed by atoms with van der Waals surface area (Å²) in [5, 5.41) is 11.9. The molecule has 13 nitrogen and oxygen atoms in total. The van der Waals surface area contributed by atoms with Crippen LogP contribution in [-0.2, 0) is 30.3 Å². The molecule has 5 aliphatic heterocycles. The van der Waals surface area contributed by atoms with E-state index < -0.39 is 46.6 Å². The van der Waals surface area contributed by atoms with Crippen molar-refractivity contribution in [1.82, 2.24) is 15.1 Å². The number of hydrogen-bond donors (Lipinski definition) is 2. The summed E-state index contributed by atoms with van der Waals surface area (Å²) in [6.07, 6.45) is 12.0. The number of carbonyl (C=O) groups excluding carboxylic acids is 4. The zero-order valence-corrected chi connectivity index (χ0v) is 41.8. The number of para-hydroxylation sites is 1. The number of aliphatic hydroxyl groups is 1. The van der Waals surface area contributed by atoms with Crippen molar-refractivity contribution in [2.45, 2.75) is 126 Å². The molecule has 2 saturated heterocycles. The number of aliphatic imine (C=N–C) groups is 1. The van der Waals surface area contributed by atoms with Crippen LogP contribution in [0.4, 0.5) is 5.69 Å². The van der Waals surface area contributed by atoms with Crippen molar-refractivity contribution in [3.63, 3.8) is 0 Å². The second-order valence-electron chi connectivity index (χ2n) is 20.9. The topological polar surface area (TPSA) is 156 Å². The molecule has 8 aliphatic rings. The number of rotatable bonds is 13. The summed E-state index contributed by atoms with van der Waals surface area (Å²) in [7, 11) is 2.02. The second kappa shape index (κ2) is 18.1. The first-order valence-electron chi connectivity index (χ1n) is 24.2. The van der Waals surface area contributed by atoms with E-state index in [0.717, 1.165) is 28.1 Å². The molecule has 362 valence electrons. The van der Waals surface area contributed by atoms with Gasteiger partial charge in [0.25, 0.3) is 0 Å². The molecule has 0 radical (unpaired) electrons. The number of nitrogens with one attached hydrogen (secondary N) is 1. The van der Waals surface area contributed by atoms with Crippen LogP contribution in [0, 0.1) is 17.8 Å². The van der Waals surface area contributed by atoms with Crippen molar-refractivity contribution in [1.29, 1.82) is 0 Å². The van der Waals surface area contributed by atoms with Gasteiger partial charge in [0.05, 0.1) is 40.7 Å². The van der Waals surface area contributed by atoms with Crippen LogP contribution >= 0.6 is 11.8 Å². The Bertz CT molecular complexity index is 2600. The first kappa shape index (κ1) is 48.0. The molecule has 4 bridgehead atoms. The van der Waals surface area contributed by atoms with Gasteiger partial charge in [-0.05, 0) is 112 Å². The van der Waals surface area contributed by atoms with Crippen molar-refractivity contribution in [3.05, 3.63) is 82.0 Å². The monoisotopic (exact) mass is 946 g/mol. The maximum Gasteiger partial charge on any atom is 0.320 e. The molecule has 2 amide bonds. The number of thioether (sulfide) groups is 1. The standard InChI is InChI=1S/C54H66N4O9S/c1-31(2)13-12-20-52(8)21-19-35-45(65-52)34(17-16-32(3)4)47-42(46(35)64-41(61)30-40(60)58-26-24-57(9)25-27-58)44-43-48(68-38-15-11-10-14-37(38)56-44)36-29-39-51(6,7)67-53(49(36)62,54(39,43)66-47)22-18-33(5)50(63)55-23-28-59/h10-11,13-16,18-19,21,36,39,43,48,59H,12,17,20,22-30H2,1-9H3,(H,55,63). The zero-order chi connectivity index (χ0) is 48.5. The molecule has 10 rings (SSSR count). The van der Waals surface area contributed by atoms with Crippen LogP contribution in [-0.4, -0.2) is 118 Å².